The molecule has 0 aliphatic carbocycles. The van der Waals surface area contributed by atoms with Crippen LogP contribution in [0.1, 0.15) is 19.8 Å². The number of amides is 2. The summed E-state index contributed by atoms with van der Waals surface area (Å²) < 4.78 is 4.74. The SMILES string of the molecule is COCC(=O)NC1CCN(C(=O)C(C)Cl)CC1. The zero-order valence-electron chi connectivity index (χ0n) is 10.2. The smallest absolute Gasteiger partial charge is 0.246 e. The lowest BCUT2D eigenvalue weighted by Crippen LogP contribution is -2.48. The fourth-order valence-corrected chi connectivity index (χ4v) is 2.03. The number of alkyl halides is 1. The summed E-state index contributed by atoms with van der Waals surface area (Å²) in [5, 5.41) is 2.40. The molecule has 0 radical (unpaired) electrons. The van der Waals surface area contributed by atoms with Gasteiger partial charge in [-0.2, -0.15) is 0 Å². The van der Waals surface area contributed by atoms with Crippen LogP contribution < -0.4 is 5.32 Å². The monoisotopic (exact) mass is 262 g/mol. The number of piperidine rings is 1. The molecule has 1 rings (SSSR count). The number of rotatable bonds is 4. The van der Waals surface area contributed by atoms with Crippen molar-refractivity contribution in [1.82, 2.24) is 10.2 Å². The molecule has 17 heavy (non-hydrogen) atoms. The van der Waals surface area contributed by atoms with E-state index >= 15 is 0 Å². The van der Waals surface area contributed by atoms with E-state index in [1.54, 1.807) is 11.8 Å². The Bertz CT molecular complexity index is 276. The van der Waals surface area contributed by atoms with Crippen molar-refractivity contribution in [2.45, 2.75) is 31.2 Å². The number of halogens is 1. The molecule has 1 N–H and O–H groups in total. The van der Waals surface area contributed by atoms with E-state index in [0.29, 0.717) is 13.1 Å². The second kappa shape index (κ2) is 6.81. The number of nitrogens with one attached hydrogen (secondary N) is 1. The summed E-state index contributed by atoms with van der Waals surface area (Å²) in [6.45, 7) is 3.05. The van der Waals surface area contributed by atoms with Crippen molar-refractivity contribution in [1.29, 1.82) is 0 Å². The summed E-state index contributed by atoms with van der Waals surface area (Å²) in [6, 6.07) is 0.132. The van der Waals surface area contributed by atoms with E-state index in [1.165, 1.54) is 7.11 Å². The first kappa shape index (κ1) is 14.3. The molecular formula is C11H19ClN2O3. The van der Waals surface area contributed by atoms with E-state index in [2.05, 4.69) is 5.32 Å². The second-order valence-corrected chi connectivity index (χ2v) is 4.87. The molecule has 0 spiro atoms. The maximum atomic E-state index is 11.6. The molecule has 1 aliphatic rings. The van der Waals surface area contributed by atoms with Crippen LogP contribution in [0.5, 0.6) is 0 Å². The molecule has 2 amide bonds. The Morgan fingerprint density at radius 3 is 2.53 bits per heavy atom. The summed E-state index contributed by atoms with van der Waals surface area (Å²) in [7, 11) is 1.49. The van der Waals surface area contributed by atoms with Crippen LogP contribution in [0.2, 0.25) is 0 Å². The van der Waals surface area contributed by atoms with Gasteiger partial charge < -0.3 is 15.0 Å². The minimum absolute atomic E-state index is 0.0339. The van der Waals surface area contributed by atoms with Crippen molar-refractivity contribution >= 4 is 23.4 Å². The Labute approximate surface area is 106 Å². The van der Waals surface area contributed by atoms with Gasteiger partial charge in [-0.05, 0) is 19.8 Å². The van der Waals surface area contributed by atoms with Gasteiger partial charge in [0.05, 0.1) is 0 Å². The summed E-state index contributed by atoms with van der Waals surface area (Å²) in [4.78, 5) is 24.7. The lowest BCUT2D eigenvalue weighted by atomic mass is 10.0. The van der Waals surface area contributed by atoms with Crippen LogP contribution in [0.3, 0.4) is 0 Å². The summed E-state index contributed by atoms with van der Waals surface area (Å²) >= 11 is 5.75. The number of nitrogens with zero attached hydrogens (tertiary/aromatic N) is 1. The van der Waals surface area contributed by atoms with Crippen molar-refractivity contribution in [3.05, 3.63) is 0 Å². The molecule has 1 fully saturated rings. The van der Waals surface area contributed by atoms with E-state index in [-0.39, 0.29) is 24.5 Å². The number of methoxy groups -OCH3 is 1. The van der Waals surface area contributed by atoms with Gasteiger partial charge in [-0.15, -0.1) is 11.6 Å². The molecule has 0 aromatic heterocycles. The molecule has 5 nitrogen and oxygen atoms in total. The standard InChI is InChI=1S/C11H19ClN2O3/c1-8(12)11(16)14-5-3-9(4-6-14)13-10(15)7-17-2/h8-9H,3-7H2,1-2H3,(H,13,15). The van der Waals surface area contributed by atoms with Gasteiger partial charge >= 0.3 is 0 Å². The van der Waals surface area contributed by atoms with Gasteiger partial charge in [0.2, 0.25) is 11.8 Å². The Morgan fingerprint density at radius 1 is 1.47 bits per heavy atom. The van der Waals surface area contributed by atoms with Gasteiger partial charge in [0.25, 0.3) is 0 Å². The number of likely N-dealkylation sites (tertiary alicyclic amines) is 1. The number of hydrogen-bond acceptors (Lipinski definition) is 3. The van der Waals surface area contributed by atoms with Crippen LogP contribution in [-0.4, -0.2) is 54.9 Å². The van der Waals surface area contributed by atoms with Gasteiger partial charge in [-0.1, -0.05) is 0 Å². The first-order valence-electron chi connectivity index (χ1n) is 5.75. The van der Waals surface area contributed by atoms with E-state index in [4.69, 9.17) is 16.3 Å². The van der Waals surface area contributed by atoms with E-state index < -0.39 is 5.38 Å². The largest absolute Gasteiger partial charge is 0.375 e. The number of carbonyl (C=O) groups excluding carboxylic acids is 2. The molecule has 1 atom stereocenters. The van der Waals surface area contributed by atoms with Gasteiger partial charge in [0.1, 0.15) is 12.0 Å². The van der Waals surface area contributed by atoms with E-state index in [9.17, 15) is 9.59 Å². The zero-order valence-corrected chi connectivity index (χ0v) is 11.0. The summed E-state index contributed by atoms with van der Waals surface area (Å²) in [5.74, 6) is -0.142. The van der Waals surface area contributed by atoms with Crippen LogP contribution in [-0.2, 0) is 14.3 Å². The second-order valence-electron chi connectivity index (χ2n) is 4.22. The van der Waals surface area contributed by atoms with Crippen molar-refractivity contribution in [2.24, 2.45) is 0 Å². The molecule has 98 valence electrons. The lowest BCUT2D eigenvalue weighted by molar-refractivity contribution is -0.131. The van der Waals surface area contributed by atoms with Crippen molar-refractivity contribution in [3.8, 4) is 0 Å². The molecule has 0 aromatic carbocycles. The topological polar surface area (TPSA) is 58.6 Å². The predicted molar refractivity (Wildman–Crippen MR) is 64.9 cm³/mol. The Balaban J connectivity index is 2.31. The average Bonchev–Trinajstić information content (AvgIpc) is 2.29. The number of hydrogen-bond donors (Lipinski definition) is 1. The Kier molecular flexibility index (Phi) is 5.71. The predicted octanol–water partition coefficient (Wildman–Crippen LogP) is 0.367. The molecule has 1 aliphatic heterocycles. The van der Waals surface area contributed by atoms with Crippen molar-refractivity contribution in [3.63, 3.8) is 0 Å². The van der Waals surface area contributed by atoms with Crippen LogP contribution in [0.15, 0.2) is 0 Å². The molecule has 1 heterocycles. The number of ether oxygens (including phenoxy) is 1. The summed E-state index contributed by atoms with van der Waals surface area (Å²) in [5.41, 5.74) is 0. The molecule has 1 saturated heterocycles. The lowest BCUT2D eigenvalue weighted by Gasteiger charge is -2.33. The third-order valence-electron chi connectivity index (χ3n) is 2.79. The van der Waals surface area contributed by atoms with Gasteiger partial charge in [-0.3, -0.25) is 9.59 Å². The first-order valence-corrected chi connectivity index (χ1v) is 6.19. The highest BCUT2D eigenvalue weighted by atomic mass is 35.5. The van der Waals surface area contributed by atoms with Gasteiger partial charge in [-0.25, -0.2) is 0 Å². The van der Waals surface area contributed by atoms with Crippen molar-refractivity contribution < 1.29 is 14.3 Å². The van der Waals surface area contributed by atoms with Crippen LogP contribution in [0, 0.1) is 0 Å². The quantitative estimate of drug-likeness (QED) is 0.745. The van der Waals surface area contributed by atoms with Crippen LogP contribution in [0.25, 0.3) is 0 Å². The van der Waals surface area contributed by atoms with Crippen LogP contribution in [0.4, 0.5) is 0 Å². The molecule has 6 heteroatoms. The Hall–Kier alpha value is -0.810. The van der Waals surface area contributed by atoms with E-state index in [1.807, 2.05) is 0 Å². The maximum Gasteiger partial charge on any atom is 0.246 e. The number of carbonyl (C=O) groups is 2. The normalized spacial score (nSPS) is 18.9. The van der Waals surface area contributed by atoms with Gasteiger partial charge in [0.15, 0.2) is 0 Å². The maximum absolute atomic E-state index is 11.6. The molecule has 0 bridgehead atoms. The highest BCUT2D eigenvalue weighted by molar-refractivity contribution is 6.30. The minimum atomic E-state index is -0.477. The fourth-order valence-electron chi connectivity index (χ4n) is 1.90. The average molecular weight is 263 g/mol. The third-order valence-corrected chi connectivity index (χ3v) is 2.97. The van der Waals surface area contributed by atoms with Crippen LogP contribution >= 0.6 is 11.6 Å². The molecule has 0 aromatic rings. The Morgan fingerprint density at radius 2 is 2.06 bits per heavy atom. The molecule has 0 saturated carbocycles. The van der Waals surface area contributed by atoms with Gasteiger partial charge in [0, 0.05) is 26.2 Å². The highest BCUT2D eigenvalue weighted by Crippen LogP contribution is 2.13. The molecule has 1 unspecified atom stereocenters. The zero-order chi connectivity index (χ0) is 12.8. The molecular weight excluding hydrogens is 244 g/mol. The van der Waals surface area contributed by atoms with E-state index in [0.717, 1.165) is 12.8 Å². The summed E-state index contributed by atoms with van der Waals surface area (Å²) in [6.07, 6.45) is 1.54. The first-order chi connectivity index (χ1) is 8.04. The fraction of sp³-hybridized carbons (Fsp3) is 0.818. The van der Waals surface area contributed by atoms with Crippen molar-refractivity contribution in [2.75, 3.05) is 26.8 Å². The minimum Gasteiger partial charge on any atom is -0.375 e. The highest BCUT2D eigenvalue weighted by Gasteiger charge is 2.25. The third kappa shape index (κ3) is 4.52.